The summed E-state index contributed by atoms with van der Waals surface area (Å²) in [5.41, 5.74) is 8.44. The Morgan fingerprint density at radius 3 is 2.50 bits per heavy atom. The van der Waals surface area contributed by atoms with Crippen molar-refractivity contribution in [3.05, 3.63) is 59.4 Å². The van der Waals surface area contributed by atoms with Gasteiger partial charge < -0.3 is 5.73 Å². The van der Waals surface area contributed by atoms with Crippen molar-refractivity contribution in [1.82, 2.24) is 9.71 Å². The summed E-state index contributed by atoms with van der Waals surface area (Å²) in [6.07, 6.45) is 0. The van der Waals surface area contributed by atoms with Crippen molar-refractivity contribution in [2.75, 3.05) is 5.73 Å². The lowest BCUT2D eigenvalue weighted by Crippen LogP contribution is -2.25. The predicted molar refractivity (Wildman–Crippen MR) is 79.3 cm³/mol. The fourth-order valence-corrected chi connectivity index (χ4v) is 2.87. The molecule has 0 saturated heterocycles. The monoisotopic (exact) mass is 291 g/mol. The second-order valence-corrected chi connectivity index (χ2v) is 6.40. The van der Waals surface area contributed by atoms with Crippen LogP contribution in [0.15, 0.2) is 42.5 Å². The molecule has 2 aromatic rings. The molecule has 20 heavy (non-hydrogen) atoms. The minimum Gasteiger partial charge on any atom is -0.399 e. The van der Waals surface area contributed by atoms with Crippen LogP contribution in [-0.4, -0.2) is 13.4 Å². The van der Waals surface area contributed by atoms with Crippen molar-refractivity contribution < 1.29 is 8.42 Å². The van der Waals surface area contributed by atoms with Gasteiger partial charge in [0.1, 0.15) is 0 Å². The van der Waals surface area contributed by atoms with E-state index >= 15 is 0 Å². The highest BCUT2D eigenvalue weighted by Crippen LogP contribution is 2.09. The maximum Gasteiger partial charge on any atom is 0.216 e. The fraction of sp³-hybridized carbons (Fsp3) is 0.214. The highest BCUT2D eigenvalue weighted by molar-refractivity contribution is 7.88. The Balaban J connectivity index is 1.99. The molecule has 1 aromatic carbocycles. The molecule has 3 N–H and O–H groups in total. The largest absolute Gasteiger partial charge is 0.399 e. The van der Waals surface area contributed by atoms with Crippen LogP contribution >= 0.6 is 0 Å². The number of nitrogens with one attached hydrogen (secondary N) is 1. The molecule has 106 valence electrons. The third kappa shape index (κ3) is 4.32. The molecule has 0 bridgehead atoms. The molecule has 0 unspecified atom stereocenters. The lowest BCUT2D eigenvalue weighted by Gasteiger charge is -2.07. The van der Waals surface area contributed by atoms with Crippen LogP contribution in [-0.2, 0) is 22.3 Å². The predicted octanol–water partition coefficient (Wildman–Crippen LogP) is 1.59. The number of anilines is 1. The van der Waals surface area contributed by atoms with Crippen LogP contribution in [0, 0.1) is 6.92 Å². The molecule has 1 aromatic heterocycles. The van der Waals surface area contributed by atoms with E-state index in [-0.39, 0.29) is 12.3 Å². The van der Waals surface area contributed by atoms with Gasteiger partial charge in [0.2, 0.25) is 10.0 Å². The maximum absolute atomic E-state index is 12.0. The second kappa shape index (κ2) is 6.02. The van der Waals surface area contributed by atoms with E-state index in [1.165, 1.54) is 0 Å². The summed E-state index contributed by atoms with van der Waals surface area (Å²) < 4.78 is 26.5. The van der Waals surface area contributed by atoms with Gasteiger partial charge in [0, 0.05) is 11.4 Å². The smallest absolute Gasteiger partial charge is 0.216 e. The van der Waals surface area contributed by atoms with Crippen molar-refractivity contribution in [2.24, 2.45) is 0 Å². The summed E-state index contributed by atoms with van der Waals surface area (Å²) in [4.78, 5) is 4.25. The highest BCUT2D eigenvalue weighted by atomic mass is 32.2. The molecule has 0 aliphatic carbocycles. The van der Waals surface area contributed by atoms with Gasteiger partial charge in [-0.15, -0.1) is 0 Å². The molecule has 2 rings (SSSR count). The van der Waals surface area contributed by atoms with Gasteiger partial charge in [-0.05, 0) is 36.8 Å². The summed E-state index contributed by atoms with van der Waals surface area (Å²) in [5, 5.41) is 0. The summed E-state index contributed by atoms with van der Waals surface area (Å²) in [5.74, 6) is -0.0703. The second-order valence-electron chi connectivity index (χ2n) is 4.59. The van der Waals surface area contributed by atoms with Crippen LogP contribution in [0.25, 0.3) is 0 Å². The van der Waals surface area contributed by atoms with Gasteiger partial charge in [-0.2, -0.15) is 0 Å². The summed E-state index contributed by atoms with van der Waals surface area (Å²) in [6.45, 7) is 2.06. The van der Waals surface area contributed by atoms with Crippen LogP contribution < -0.4 is 10.5 Å². The normalized spacial score (nSPS) is 11.4. The number of hydrogen-bond donors (Lipinski definition) is 2. The molecule has 0 spiro atoms. The number of rotatable bonds is 5. The quantitative estimate of drug-likeness (QED) is 0.819. The first-order valence-corrected chi connectivity index (χ1v) is 7.84. The van der Waals surface area contributed by atoms with Gasteiger partial charge in [-0.3, -0.25) is 4.98 Å². The average Bonchev–Trinajstić information content (AvgIpc) is 2.39. The molecule has 0 amide bonds. The lowest BCUT2D eigenvalue weighted by molar-refractivity contribution is 0.579. The molecule has 0 atom stereocenters. The average molecular weight is 291 g/mol. The number of nitrogen functional groups attached to an aromatic ring is 1. The van der Waals surface area contributed by atoms with Crippen LogP contribution in [0.2, 0.25) is 0 Å². The number of benzene rings is 1. The Hall–Kier alpha value is -1.92. The Bertz CT molecular complexity index is 682. The van der Waals surface area contributed by atoms with Crippen LogP contribution in [0.1, 0.15) is 17.0 Å². The van der Waals surface area contributed by atoms with E-state index in [0.29, 0.717) is 16.9 Å². The fourth-order valence-electron chi connectivity index (χ4n) is 1.77. The van der Waals surface area contributed by atoms with E-state index in [0.717, 1.165) is 5.69 Å². The van der Waals surface area contributed by atoms with E-state index in [1.54, 1.807) is 30.3 Å². The van der Waals surface area contributed by atoms with Crippen molar-refractivity contribution in [3.8, 4) is 0 Å². The number of nitrogens with two attached hydrogens (primary N) is 1. The van der Waals surface area contributed by atoms with Gasteiger partial charge >= 0.3 is 0 Å². The van der Waals surface area contributed by atoms with E-state index < -0.39 is 10.0 Å². The number of pyridine rings is 1. The molecular weight excluding hydrogens is 274 g/mol. The first-order chi connectivity index (χ1) is 9.44. The van der Waals surface area contributed by atoms with Crippen molar-refractivity contribution >= 4 is 15.7 Å². The van der Waals surface area contributed by atoms with E-state index in [1.807, 2.05) is 19.1 Å². The van der Waals surface area contributed by atoms with Gasteiger partial charge in [0.15, 0.2) is 0 Å². The molecule has 1 heterocycles. The zero-order valence-electron chi connectivity index (χ0n) is 11.2. The lowest BCUT2D eigenvalue weighted by atomic mass is 10.2. The van der Waals surface area contributed by atoms with Crippen molar-refractivity contribution in [2.45, 2.75) is 19.2 Å². The summed E-state index contributed by atoms with van der Waals surface area (Å²) >= 11 is 0. The van der Waals surface area contributed by atoms with Gasteiger partial charge in [0.25, 0.3) is 0 Å². The number of hydrogen-bond acceptors (Lipinski definition) is 4. The van der Waals surface area contributed by atoms with Gasteiger partial charge in [-0.1, -0.05) is 18.2 Å². The topological polar surface area (TPSA) is 85.1 Å². The third-order valence-electron chi connectivity index (χ3n) is 2.76. The van der Waals surface area contributed by atoms with Gasteiger partial charge in [0.05, 0.1) is 18.0 Å². The Kier molecular flexibility index (Phi) is 4.36. The number of aryl methyl sites for hydroxylation is 1. The maximum atomic E-state index is 12.0. The van der Waals surface area contributed by atoms with Gasteiger partial charge in [-0.25, -0.2) is 13.1 Å². The molecule has 0 aliphatic rings. The first kappa shape index (κ1) is 14.5. The molecule has 0 fully saturated rings. The van der Waals surface area contributed by atoms with Crippen LogP contribution in [0.4, 0.5) is 5.69 Å². The summed E-state index contributed by atoms with van der Waals surface area (Å²) in [6, 6.07) is 12.3. The molecule has 5 nitrogen and oxygen atoms in total. The molecule has 0 radical (unpaired) electrons. The van der Waals surface area contributed by atoms with E-state index in [9.17, 15) is 8.42 Å². The number of nitrogens with zero attached hydrogens (tertiary/aromatic N) is 1. The Morgan fingerprint density at radius 2 is 1.85 bits per heavy atom. The van der Waals surface area contributed by atoms with Crippen molar-refractivity contribution in [1.29, 1.82) is 0 Å². The zero-order chi connectivity index (χ0) is 14.6. The Labute approximate surface area is 118 Å². The summed E-state index contributed by atoms with van der Waals surface area (Å²) in [7, 11) is -3.39. The molecule has 6 heteroatoms. The molecule has 0 aliphatic heterocycles. The van der Waals surface area contributed by atoms with Crippen LogP contribution in [0.3, 0.4) is 0 Å². The Morgan fingerprint density at radius 1 is 1.15 bits per heavy atom. The highest BCUT2D eigenvalue weighted by Gasteiger charge is 2.11. The molecular formula is C14H17N3O2S. The zero-order valence-corrected chi connectivity index (χ0v) is 12.0. The molecule has 0 saturated carbocycles. The third-order valence-corrected chi connectivity index (χ3v) is 4.05. The van der Waals surface area contributed by atoms with Crippen molar-refractivity contribution in [3.63, 3.8) is 0 Å². The number of sulfonamides is 1. The SMILES string of the molecule is Cc1cccc(CNS(=O)(=O)Cc2ccc(N)cc2)n1. The van der Waals surface area contributed by atoms with Crippen LogP contribution in [0.5, 0.6) is 0 Å². The van der Waals surface area contributed by atoms with E-state index in [4.69, 9.17) is 5.73 Å². The minimum atomic E-state index is -3.39. The standard InChI is InChI=1S/C14H17N3O2S/c1-11-3-2-4-14(17-11)9-16-20(18,19)10-12-5-7-13(15)8-6-12/h2-8,16H,9-10,15H2,1H3. The minimum absolute atomic E-state index is 0.0703. The van der Waals surface area contributed by atoms with E-state index in [2.05, 4.69) is 9.71 Å². The first-order valence-electron chi connectivity index (χ1n) is 6.19. The number of aromatic nitrogens is 1.